The van der Waals surface area contributed by atoms with E-state index in [1.807, 2.05) is 91.4 Å². The van der Waals surface area contributed by atoms with E-state index >= 15 is 0 Å². The second-order valence-corrected chi connectivity index (χ2v) is 21.2. The third-order valence-corrected chi connectivity index (χ3v) is 16.1. The maximum Gasteiger partial charge on any atom is 2.00 e. The van der Waals surface area contributed by atoms with Crippen molar-refractivity contribution in [3.8, 4) is 51.0 Å². The van der Waals surface area contributed by atoms with Gasteiger partial charge in [0.25, 0.3) is 0 Å². The Balaban J connectivity index is 0.000000118. The first-order valence-electron chi connectivity index (χ1n) is 24.7. The van der Waals surface area contributed by atoms with Gasteiger partial charge in [0.05, 0.1) is 17.1 Å². The predicted octanol–water partition coefficient (Wildman–Crippen LogP) is 16.2. The summed E-state index contributed by atoms with van der Waals surface area (Å²) in [5, 5.41) is 45.9. The minimum Gasteiger partial charge on any atom is -0.507 e. The first kappa shape index (κ1) is 48.9. The summed E-state index contributed by atoms with van der Waals surface area (Å²) in [7, 11) is 0. The predicted molar refractivity (Wildman–Crippen MR) is 295 cm³/mol. The molecule has 0 unspecified atom stereocenters. The van der Waals surface area contributed by atoms with Crippen molar-refractivity contribution in [2.75, 3.05) is 0 Å². The molecule has 0 spiro atoms. The summed E-state index contributed by atoms with van der Waals surface area (Å²) in [6.45, 7) is 13.3. The molecule has 74 heavy (non-hydrogen) atoms. The monoisotopic (exact) mass is 1060 g/mol. The van der Waals surface area contributed by atoms with Gasteiger partial charge in [0.2, 0.25) is 0 Å². The quantitative estimate of drug-likeness (QED) is 0.131. The molecule has 3 heterocycles. The summed E-state index contributed by atoms with van der Waals surface area (Å²) in [5.41, 5.74) is 11.9. The molecule has 0 atom stereocenters. The van der Waals surface area contributed by atoms with Crippen molar-refractivity contribution >= 4 is 64.6 Å². The van der Waals surface area contributed by atoms with E-state index in [1.54, 1.807) is 0 Å². The van der Waals surface area contributed by atoms with Crippen LogP contribution in [0.15, 0.2) is 182 Å². The molecule has 0 fully saturated rings. The zero-order valence-electron chi connectivity index (χ0n) is 42.4. The molecule has 3 aliphatic rings. The third kappa shape index (κ3) is 6.98. The first-order chi connectivity index (χ1) is 34.8. The zero-order valence-corrected chi connectivity index (χ0v) is 48.4. The van der Waals surface area contributed by atoms with E-state index in [-0.39, 0.29) is 55.2 Å². The van der Waals surface area contributed by atoms with E-state index in [9.17, 15) is 15.3 Å². The van der Waals surface area contributed by atoms with Crippen LogP contribution in [0.5, 0.6) is 17.2 Å². The standard InChI is InChI=1S/3C22H17NO.2Zn/c3*1-22(2)17-11-13-7-3-6-10-16(13)21(24)18(17)20-19(22)15-9-5-4-8-14(15)12-23-20;;/h3*3-12,24H,1-2H3;;/q;;;;+2. The molecular formula is C66H51N3O3Zn2+2. The largest absolute Gasteiger partial charge is 2.00 e. The summed E-state index contributed by atoms with van der Waals surface area (Å²) >= 11 is 0. The Bertz CT molecular complexity index is 3880. The van der Waals surface area contributed by atoms with Gasteiger partial charge in [-0.15, -0.1) is 0 Å². The van der Waals surface area contributed by atoms with Gasteiger partial charge in [-0.3, -0.25) is 15.0 Å². The number of rotatable bonds is 0. The van der Waals surface area contributed by atoms with E-state index < -0.39 is 0 Å². The molecule has 0 aliphatic heterocycles. The number of phenolic OH excluding ortho intramolecular Hbond substituents is 3. The van der Waals surface area contributed by atoms with E-state index in [1.165, 1.54) is 32.8 Å². The number of fused-ring (bicyclic) bond motifs is 18. The number of hydrogen-bond acceptors (Lipinski definition) is 6. The Morgan fingerprint density at radius 2 is 0.527 bits per heavy atom. The summed E-state index contributed by atoms with van der Waals surface area (Å²) in [6.07, 6.45) is 5.73. The van der Waals surface area contributed by atoms with Crippen molar-refractivity contribution < 1.29 is 54.3 Å². The fraction of sp³-hybridized carbons (Fsp3) is 0.136. The van der Waals surface area contributed by atoms with Crippen LogP contribution in [0.4, 0.5) is 0 Å². The third-order valence-electron chi connectivity index (χ3n) is 16.1. The maximum absolute atomic E-state index is 11.0. The summed E-state index contributed by atoms with van der Waals surface area (Å²) < 4.78 is 0. The van der Waals surface area contributed by atoms with Crippen molar-refractivity contribution in [2.45, 2.75) is 57.8 Å². The number of aromatic hydroxyl groups is 3. The van der Waals surface area contributed by atoms with Gasteiger partial charge in [0.15, 0.2) is 0 Å². The maximum atomic E-state index is 11.0. The molecule has 0 saturated carbocycles. The average Bonchev–Trinajstić information content (AvgIpc) is 3.89. The van der Waals surface area contributed by atoms with Crippen molar-refractivity contribution in [3.05, 3.63) is 216 Å². The molecule has 3 aliphatic carbocycles. The minimum absolute atomic E-state index is 0. The van der Waals surface area contributed by atoms with Gasteiger partial charge in [0, 0.05) is 103 Å². The van der Waals surface area contributed by atoms with Crippen LogP contribution in [-0.4, -0.2) is 30.3 Å². The summed E-state index contributed by atoms with van der Waals surface area (Å²) in [6, 6.07) is 55.7. The smallest absolute Gasteiger partial charge is 0.507 e. The molecule has 0 radical (unpaired) electrons. The molecule has 6 nitrogen and oxygen atoms in total. The van der Waals surface area contributed by atoms with Crippen LogP contribution < -0.4 is 0 Å². The number of benzene rings is 9. The van der Waals surface area contributed by atoms with Crippen LogP contribution in [0.3, 0.4) is 0 Å². The minimum atomic E-state index is -0.194. The second-order valence-electron chi connectivity index (χ2n) is 21.2. The van der Waals surface area contributed by atoms with E-state index in [0.717, 1.165) is 98.9 Å². The Hall–Kier alpha value is -7.36. The van der Waals surface area contributed by atoms with Gasteiger partial charge < -0.3 is 15.3 Å². The Kier molecular flexibility index (Phi) is 11.7. The number of pyridine rings is 3. The summed E-state index contributed by atoms with van der Waals surface area (Å²) in [5.74, 6) is 1.04. The Morgan fingerprint density at radius 1 is 0.311 bits per heavy atom. The van der Waals surface area contributed by atoms with Crippen LogP contribution in [0.25, 0.3) is 98.4 Å². The Morgan fingerprint density at radius 3 is 0.784 bits per heavy atom. The van der Waals surface area contributed by atoms with Crippen molar-refractivity contribution in [2.24, 2.45) is 0 Å². The van der Waals surface area contributed by atoms with Gasteiger partial charge in [-0.25, -0.2) is 0 Å². The number of aromatic nitrogens is 3. The first-order valence-corrected chi connectivity index (χ1v) is 24.7. The SMILES string of the molecule is CC1(C)c2cc3ccccc3c(O)c2-c2ncc3ccccc3c21.CC1(C)c2cc3ccccc3c(O)c2-c2ncc3ccccc3c21.CC1(C)c2cc3ccccc3c(O)c2-c2ncc3ccccc3c21.[Zn+2].[Zn]. The topological polar surface area (TPSA) is 99.4 Å². The molecular weight excluding hydrogens is 1010 g/mol. The van der Waals surface area contributed by atoms with Gasteiger partial charge in [0.1, 0.15) is 17.2 Å². The number of phenols is 3. The molecule has 8 heteroatoms. The molecule has 9 aromatic carbocycles. The second kappa shape index (κ2) is 17.7. The molecule has 3 aromatic heterocycles. The molecule has 3 N–H and O–H groups in total. The van der Waals surface area contributed by atoms with Crippen LogP contribution in [0, 0.1) is 0 Å². The molecule has 350 valence electrons. The van der Waals surface area contributed by atoms with E-state index in [2.05, 4.69) is 133 Å². The fourth-order valence-electron chi connectivity index (χ4n) is 12.5. The van der Waals surface area contributed by atoms with Gasteiger partial charge >= 0.3 is 19.5 Å². The molecule has 12 aromatic rings. The van der Waals surface area contributed by atoms with Gasteiger partial charge in [-0.05, 0) is 83.9 Å². The Labute approximate surface area is 455 Å². The van der Waals surface area contributed by atoms with Crippen molar-refractivity contribution in [1.82, 2.24) is 15.0 Å². The summed E-state index contributed by atoms with van der Waals surface area (Å²) in [4.78, 5) is 14.2. The molecule has 0 saturated heterocycles. The normalized spacial score (nSPS) is 14.4. The van der Waals surface area contributed by atoms with E-state index in [0.29, 0.717) is 17.2 Å². The van der Waals surface area contributed by atoms with Crippen LogP contribution in [-0.2, 0) is 55.2 Å². The number of hydrogen-bond donors (Lipinski definition) is 3. The molecule has 0 bridgehead atoms. The zero-order chi connectivity index (χ0) is 49.4. The van der Waals surface area contributed by atoms with Gasteiger partial charge in [-0.1, -0.05) is 187 Å². The fourth-order valence-corrected chi connectivity index (χ4v) is 12.5. The van der Waals surface area contributed by atoms with Crippen LogP contribution in [0.1, 0.15) is 74.9 Å². The van der Waals surface area contributed by atoms with E-state index in [4.69, 9.17) is 15.0 Å². The van der Waals surface area contributed by atoms with Crippen LogP contribution >= 0.6 is 0 Å². The molecule has 0 amide bonds. The van der Waals surface area contributed by atoms with Crippen molar-refractivity contribution in [3.63, 3.8) is 0 Å². The number of nitrogens with zero attached hydrogens (tertiary/aromatic N) is 3. The average molecular weight is 1060 g/mol. The molecule has 15 rings (SSSR count). The van der Waals surface area contributed by atoms with Crippen LogP contribution in [0.2, 0.25) is 0 Å². The van der Waals surface area contributed by atoms with Crippen molar-refractivity contribution in [1.29, 1.82) is 0 Å². The van der Waals surface area contributed by atoms with Gasteiger partial charge in [-0.2, -0.15) is 0 Å².